The highest BCUT2D eigenvalue weighted by Crippen LogP contribution is 2.21. The van der Waals surface area contributed by atoms with Gasteiger partial charge in [-0.25, -0.2) is 4.79 Å². The van der Waals surface area contributed by atoms with Crippen LogP contribution in [0.15, 0.2) is 48.5 Å². The van der Waals surface area contributed by atoms with Crippen LogP contribution in [0.2, 0.25) is 0 Å². The number of anilines is 1. The van der Waals surface area contributed by atoms with E-state index in [1.54, 1.807) is 18.2 Å². The average Bonchev–Trinajstić information content (AvgIpc) is 2.48. The number of benzene rings is 2. The van der Waals surface area contributed by atoms with E-state index in [0.29, 0.717) is 17.9 Å². The Bertz CT molecular complexity index is 668. The molecule has 22 heavy (non-hydrogen) atoms. The fourth-order valence-electron chi connectivity index (χ4n) is 1.99. The zero-order valence-corrected chi connectivity index (χ0v) is 12.2. The van der Waals surface area contributed by atoms with Crippen LogP contribution in [-0.4, -0.2) is 23.6 Å². The second-order valence-corrected chi connectivity index (χ2v) is 4.87. The van der Waals surface area contributed by atoms with Crippen LogP contribution in [-0.2, 0) is 16.0 Å². The number of carboxylic acids is 1. The van der Waals surface area contributed by atoms with Crippen LogP contribution in [0.3, 0.4) is 0 Å². The first-order valence-electron chi connectivity index (χ1n) is 6.83. The van der Waals surface area contributed by atoms with Gasteiger partial charge in [0.15, 0.2) is 6.61 Å². The maximum absolute atomic E-state index is 12.0. The molecule has 0 bridgehead atoms. The third-order valence-corrected chi connectivity index (χ3v) is 3.04. The SMILES string of the molecule is Cc1cc(OCC(=O)O)ccc1NC(=O)Cc1ccccc1. The lowest BCUT2D eigenvalue weighted by atomic mass is 10.1. The van der Waals surface area contributed by atoms with E-state index in [1.165, 1.54) is 0 Å². The Labute approximate surface area is 128 Å². The zero-order valence-electron chi connectivity index (χ0n) is 12.2. The van der Waals surface area contributed by atoms with E-state index >= 15 is 0 Å². The van der Waals surface area contributed by atoms with E-state index in [2.05, 4.69) is 5.32 Å². The molecule has 0 saturated carbocycles. The van der Waals surface area contributed by atoms with Gasteiger partial charge in [-0.05, 0) is 36.2 Å². The van der Waals surface area contributed by atoms with Crippen LogP contribution in [0.4, 0.5) is 5.69 Å². The van der Waals surface area contributed by atoms with Gasteiger partial charge < -0.3 is 15.2 Å². The van der Waals surface area contributed by atoms with Crippen molar-refractivity contribution in [1.29, 1.82) is 0 Å². The summed E-state index contributed by atoms with van der Waals surface area (Å²) in [7, 11) is 0. The molecule has 5 heteroatoms. The summed E-state index contributed by atoms with van der Waals surface area (Å²) in [6.45, 7) is 1.44. The topological polar surface area (TPSA) is 75.6 Å². The Balaban J connectivity index is 1.97. The fraction of sp³-hybridized carbons (Fsp3) is 0.176. The van der Waals surface area contributed by atoms with Crippen molar-refractivity contribution in [3.63, 3.8) is 0 Å². The molecule has 0 heterocycles. The highest BCUT2D eigenvalue weighted by atomic mass is 16.5. The lowest BCUT2D eigenvalue weighted by molar-refractivity contribution is -0.139. The van der Waals surface area contributed by atoms with E-state index in [1.807, 2.05) is 37.3 Å². The van der Waals surface area contributed by atoms with Gasteiger partial charge >= 0.3 is 5.97 Å². The number of aliphatic carboxylic acids is 1. The summed E-state index contributed by atoms with van der Waals surface area (Å²) in [6, 6.07) is 14.5. The Morgan fingerprint density at radius 2 is 1.86 bits per heavy atom. The second-order valence-electron chi connectivity index (χ2n) is 4.87. The summed E-state index contributed by atoms with van der Waals surface area (Å²) in [5, 5.41) is 11.4. The maximum Gasteiger partial charge on any atom is 0.341 e. The lowest BCUT2D eigenvalue weighted by Gasteiger charge is -2.10. The quantitative estimate of drug-likeness (QED) is 0.859. The molecule has 2 aromatic rings. The molecule has 1 amide bonds. The number of rotatable bonds is 6. The first-order valence-corrected chi connectivity index (χ1v) is 6.83. The molecule has 0 radical (unpaired) electrons. The summed E-state index contributed by atoms with van der Waals surface area (Å²) in [4.78, 5) is 22.5. The number of amides is 1. The minimum absolute atomic E-state index is 0.103. The molecule has 0 fully saturated rings. The van der Waals surface area contributed by atoms with E-state index < -0.39 is 5.97 Å². The average molecular weight is 299 g/mol. The minimum atomic E-state index is -1.03. The van der Waals surface area contributed by atoms with Crippen molar-refractivity contribution in [3.8, 4) is 5.75 Å². The monoisotopic (exact) mass is 299 g/mol. The van der Waals surface area contributed by atoms with Gasteiger partial charge in [-0.1, -0.05) is 30.3 Å². The van der Waals surface area contributed by atoms with Gasteiger partial charge in [0.1, 0.15) is 5.75 Å². The molecule has 0 aliphatic carbocycles. The Morgan fingerprint density at radius 1 is 1.14 bits per heavy atom. The van der Waals surface area contributed by atoms with Crippen LogP contribution < -0.4 is 10.1 Å². The van der Waals surface area contributed by atoms with Crippen LogP contribution in [0.25, 0.3) is 0 Å². The maximum atomic E-state index is 12.0. The van der Waals surface area contributed by atoms with Gasteiger partial charge in [0.25, 0.3) is 0 Å². The molecular formula is C17H17NO4. The molecule has 5 nitrogen and oxygen atoms in total. The Kier molecular flexibility index (Phi) is 5.14. The van der Waals surface area contributed by atoms with Crippen LogP contribution in [0, 0.1) is 6.92 Å². The first-order chi connectivity index (χ1) is 10.5. The van der Waals surface area contributed by atoms with Crippen molar-refractivity contribution in [2.75, 3.05) is 11.9 Å². The molecule has 0 aliphatic rings. The predicted molar refractivity (Wildman–Crippen MR) is 83.1 cm³/mol. The number of carbonyl (C=O) groups excluding carboxylic acids is 1. The molecule has 0 unspecified atom stereocenters. The van der Waals surface area contributed by atoms with Crippen molar-refractivity contribution < 1.29 is 19.4 Å². The standard InChI is InChI=1S/C17H17NO4/c1-12-9-14(22-11-17(20)21)7-8-15(12)18-16(19)10-13-5-3-2-4-6-13/h2-9H,10-11H2,1H3,(H,18,19)(H,20,21). The summed E-state index contributed by atoms with van der Waals surface area (Å²) in [6.07, 6.45) is 0.303. The van der Waals surface area contributed by atoms with Crippen molar-refractivity contribution in [1.82, 2.24) is 0 Å². The van der Waals surface area contributed by atoms with E-state index in [9.17, 15) is 9.59 Å². The number of carboxylic acid groups (broad SMARTS) is 1. The number of ether oxygens (including phenoxy) is 1. The summed E-state index contributed by atoms with van der Waals surface area (Å²) < 4.78 is 5.09. The molecule has 0 aromatic heterocycles. The number of carbonyl (C=O) groups is 2. The molecule has 114 valence electrons. The normalized spacial score (nSPS) is 10.0. The molecule has 0 atom stereocenters. The number of hydrogen-bond donors (Lipinski definition) is 2. The van der Waals surface area contributed by atoms with Crippen molar-refractivity contribution in [2.45, 2.75) is 13.3 Å². The lowest BCUT2D eigenvalue weighted by Crippen LogP contribution is -2.15. The molecule has 0 aliphatic heterocycles. The Morgan fingerprint density at radius 3 is 2.50 bits per heavy atom. The van der Waals surface area contributed by atoms with E-state index in [-0.39, 0.29) is 12.5 Å². The van der Waals surface area contributed by atoms with Gasteiger partial charge in [-0.2, -0.15) is 0 Å². The van der Waals surface area contributed by atoms with Crippen molar-refractivity contribution >= 4 is 17.6 Å². The van der Waals surface area contributed by atoms with Gasteiger partial charge in [0.2, 0.25) is 5.91 Å². The molecule has 2 rings (SSSR count). The van der Waals surface area contributed by atoms with Crippen LogP contribution >= 0.6 is 0 Å². The highest BCUT2D eigenvalue weighted by molar-refractivity contribution is 5.93. The smallest absolute Gasteiger partial charge is 0.341 e. The van der Waals surface area contributed by atoms with Crippen molar-refractivity contribution in [3.05, 3.63) is 59.7 Å². The molecule has 0 spiro atoms. The third-order valence-electron chi connectivity index (χ3n) is 3.04. The highest BCUT2D eigenvalue weighted by Gasteiger charge is 2.07. The predicted octanol–water partition coefficient (Wildman–Crippen LogP) is 2.64. The number of aryl methyl sites for hydroxylation is 1. The van der Waals surface area contributed by atoms with Crippen LogP contribution in [0.5, 0.6) is 5.75 Å². The number of hydrogen-bond acceptors (Lipinski definition) is 3. The van der Waals surface area contributed by atoms with Gasteiger partial charge in [0, 0.05) is 5.69 Å². The minimum Gasteiger partial charge on any atom is -0.482 e. The van der Waals surface area contributed by atoms with Gasteiger partial charge in [0.05, 0.1) is 6.42 Å². The van der Waals surface area contributed by atoms with Gasteiger partial charge in [-0.3, -0.25) is 4.79 Å². The van der Waals surface area contributed by atoms with Crippen LogP contribution in [0.1, 0.15) is 11.1 Å². The first kappa shape index (κ1) is 15.6. The van der Waals surface area contributed by atoms with E-state index in [0.717, 1.165) is 11.1 Å². The summed E-state index contributed by atoms with van der Waals surface area (Å²) in [5.74, 6) is -0.674. The number of nitrogens with one attached hydrogen (secondary N) is 1. The summed E-state index contributed by atoms with van der Waals surface area (Å²) >= 11 is 0. The fourth-order valence-corrected chi connectivity index (χ4v) is 1.99. The Hall–Kier alpha value is -2.82. The van der Waals surface area contributed by atoms with Crippen molar-refractivity contribution in [2.24, 2.45) is 0 Å². The van der Waals surface area contributed by atoms with Gasteiger partial charge in [-0.15, -0.1) is 0 Å². The molecular weight excluding hydrogens is 282 g/mol. The summed E-state index contributed by atoms with van der Waals surface area (Å²) in [5.41, 5.74) is 2.44. The largest absolute Gasteiger partial charge is 0.482 e. The molecule has 0 saturated heterocycles. The third kappa shape index (κ3) is 4.63. The van der Waals surface area contributed by atoms with E-state index in [4.69, 9.17) is 9.84 Å². The molecule has 2 N–H and O–H groups in total. The second kappa shape index (κ2) is 7.26. The zero-order chi connectivity index (χ0) is 15.9. The molecule has 2 aromatic carbocycles.